The molecule has 0 saturated heterocycles. The predicted octanol–water partition coefficient (Wildman–Crippen LogP) is 1.78. The van der Waals surface area contributed by atoms with Gasteiger partial charge in [0.2, 0.25) is 0 Å². The van der Waals surface area contributed by atoms with Gasteiger partial charge in [-0.2, -0.15) is 0 Å². The van der Waals surface area contributed by atoms with Gasteiger partial charge in [0, 0.05) is 12.4 Å². The first-order valence-corrected chi connectivity index (χ1v) is 6.62. The summed E-state index contributed by atoms with van der Waals surface area (Å²) in [5.74, 6) is 0. The van der Waals surface area contributed by atoms with Gasteiger partial charge in [0.15, 0.2) is 0 Å². The molecule has 2 rings (SSSR count). The van der Waals surface area contributed by atoms with E-state index in [9.17, 15) is 13.5 Å². The first-order valence-electron chi connectivity index (χ1n) is 5.18. The van der Waals surface area contributed by atoms with Crippen LogP contribution in [0.2, 0.25) is 0 Å². The monoisotopic (exact) mass is 251 g/mol. The molecule has 0 aliphatic carbocycles. The van der Waals surface area contributed by atoms with Gasteiger partial charge in [0.05, 0.1) is 11.0 Å². The molecule has 1 aromatic carbocycles. The Morgan fingerprint density at radius 1 is 1.18 bits per heavy atom. The van der Waals surface area contributed by atoms with E-state index in [1.807, 2.05) is 0 Å². The smallest absolute Gasteiger partial charge is 0.267 e. The fraction of sp³-hybridized carbons (Fsp3) is 0.167. The van der Waals surface area contributed by atoms with Gasteiger partial charge in [-0.3, -0.25) is 0 Å². The highest BCUT2D eigenvalue weighted by Gasteiger charge is 2.16. The molecule has 17 heavy (non-hydrogen) atoms. The number of hydrogen-bond acceptors (Lipinski definition) is 3. The normalized spacial score (nSPS) is 13.5. The quantitative estimate of drug-likeness (QED) is 0.904. The fourth-order valence-corrected chi connectivity index (χ4v) is 2.73. The maximum absolute atomic E-state index is 12.2. The first-order chi connectivity index (χ1) is 8.01. The average Bonchev–Trinajstić information content (AvgIpc) is 2.80. The number of nitrogens with zero attached hydrogens (tertiary/aromatic N) is 1. The summed E-state index contributed by atoms with van der Waals surface area (Å²) in [5, 5.41) is 9.37. The van der Waals surface area contributed by atoms with Gasteiger partial charge in [0.25, 0.3) is 10.0 Å². The second-order valence-corrected chi connectivity index (χ2v) is 5.61. The number of aliphatic hydroxyl groups excluding tert-OH is 1. The second-order valence-electron chi connectivity index (χ2n) is 3.77. The van der Waals surface area contributed by atoms with Gasteiger partial charge >= 0.3 is 0 Å². The van der Waals surface area contributed by atoms with Crippen molar-refractivity contribution in [2.45, 2.75) is 17.9 Å². The molecule has 1 aromatic heterocycles. The third kappa shape index (κ3) is 2.25. The second kappa shape index (κ2) is 4.35. The van der Waals surface area contributed by atoms with E-state index in [1.165, 1.54) is 24.5 Å². The number of aromatic nitrogens is 1. The van der Waals surface area contributed by atoms with E-state index in [2.05, 4.69) is 0 Å². The van der Waals surface area contributed by atoms with Crippen LogP contribution in [-0.2, 0) is 10.0 Å². The van der Waals surface area contributed by atoms with Crippen molar-refractivity contribution in [3.05, 3.63) is 54.4 Å². The van der Waals surface area contributed by atoms with Crippen LogP contribution in [0.3, 0.4) is 0 Å². The van der Waals surface area contributed by atoms with Gasteiger partial charge < -0.3 is 5.11 Å². The van der Waals surface area contributed by atoms with Crippen LogP contribution in [0.25, 0.3) is 0 Å². The van der Waals surface area contributed by atoms with Crippen molar-refractivity contribution < 1.29 is 13.5 Å². The van der Waals surface area contributed by atoms with Gasteiger partial charge in [-0.1, -0.05) is 18.2 Å². The van der Waals surface area contributed by atoms with E-state index in [-0.39, 0.29) is 4.90 Å². The minimum absolute atomic E-state index is 0.229. The maximum atomic E-state index is 12.2. The van der Waals surface area contributed by atoms with Gasteiger partial charge in [-0.05, 0) is 30.7 Å². The number of hydrogen-bond donors (Lipinski definition) is 1. The van der Waals surface area contributed by atoms with Crippen LogP contribution in [0.1, 0.15) is 18.6 Å². The van der Waals surface area contributed by atoms with Crippen LogP contribution < -0.4 is 0 Å². The first kappa shape index (κ1) is 11.9. The SMILES string of the molecule is CC(O)c1ccn(S(=O)(=O)c2ccccc2)c1. The molecular formula is C12H13NO3S. The fourth-order valence-electron chi connectivity index (χ4n) is 1.50. The zero-order chi connectivity index (χ0) is 12.5. The molecule has 0 bridgehead atoms. The molecule has 4 nitrogen and oxygen atoms in total. The highest BCUT2D eigenvalue weighted by molar-refractivity contribution is 7.90. The molecular weight excluding hydrogens is 238 g/mol. The minimum atomic E-state index is -3.55. The van der Waals surface area contributed by atoms with Crippen molar-refractivity contribution in [3.8, 4) is 0 Å². The molecule has 90 valence electrons. The molecule has 0 aliphatic heterocycles. The highest BCUT2D eigenvalue weighted by atomic mass is 32.2. The molecule has 0 fully saturated rings. The van der Waals surface area contributed by atoms with E-state index in [0.29, 0.717) is 5.56 Å². The molecule has 0 amide bonds. The van der Waals surface area contributed by atoms with Crippen LogP contribution in [0, 0.1) is 0 Å². The topological polar surface area (TPSA) is 59.3 Å². The molecule has 1 atom stereocenters. The van der Waals surface area contributed by atoms with E-state index in [1.54, 1.807) is 31.2 Å². The minimum Gasteiger partial charge on any atom is -0.389 e. The van der Waals surface area contributed by atoms with Gasteiger partial charge in [0.1, 0.15) is 0 Å². The summed E-state index contributed by atoms with van der Waals surface area (Å²) in [5.41, 5.74) is 0.574. The summed E-state index contributed by atoms with van der Waals surface area (Å²) >= 11 is 0. The van der Waals surface area contributed by atoms with Crippen LogP contribution >= 0.6 is 0 Å². The third-order valence-corrected chi connectivity index (χ3v) is 4.14. The van der Waals surface area contributed by atoms with E-state index >= 15 is 0 Å². The zero-order valence-corrected chi connectivity index (χ0v) is 10.1. The Kier molecular flexibility index (Phi) is 3.04. The van der Waals surface area contributed by atoms with E-state index in [0.717, 1.165) is 3.97 Å². The van der Waals surface area contributed by atoms with Crippen molar-refractivity contribution >= 4 is 10.0 Å². The molecule has 2 aromatic rings. The van der Waals surface area contributed by atoms with Crippen molar-refractivity contribution in [1.82, 2.24) is 3.97 Å². The Balaban J connectivity index is 2.46. The molecule has 0 spiro atoms. The summed E-state index contributed by atoms with van der Waals surface area (Å²) in [7, 11) is -3.55. The molecule has 1 unspecified atom stereocenters. The molecule has 0 radical (unpaired) electrons. The molecule has 1 heterocycles. The summed E-state index contributed by atoms with van der Waals surface area (Å²) in [6, 6.07) is 9.77. The molecule has 0 aliphatic rings. The maximum Gasteiger partial charge on any atom is 0.267 e. The van der Waals surface area contributed by atoms with Crippen LogP contribution in [0.15, 0.2) is 53.7 Å². The lowest BCUT2D eigenvalue weighted by Gasteiger charge is -2.05. The predicted molar refractivity (Wildman–Crippen MR) is 64.1 cm³/mol. The Bertz CT molecular complexity index is 600. The van der Waals surface area contributed by atoms with Crippen molar-refractivity contribution in [2.75, 3.05) is 0 Å². The van der Waals surface area contributed by atoms with Gasteiger partial charge in [-0.15, -0.1) is 0 Å². The lowest BCUT2D eigenvalue weighted by atomic mass is 10.2. The molecule has 1 N–H and O–H groups in total. The lowest BCUT2D eigenvalue weighted by molar-refractivity contribution is 0.199. The number of benzene rings is 1. The number of aliphatic hydroxyl groups is 1. The van der Waals surface area contributed by atoms with Crippen LogP contribution in [0.5, 0.6) is 0 Å². The van der Waals surface area contributed by atoms with Crippen LogP contribution in [-0.4, -0.2) is 17.5 Å². The van der Waals surface area contributed by atoms with Gasteiger partial charge in [-0.25, -0.2) is 12.4 Å². The largest absolute Gasteiger partial charge is 0.389 e. The standard InChI is InChI=1S/C12H13NO3S/c1-10(14)11-7-8-13(9-11)17(15,16)12-5-3-2-4-6-12/h2-10,14H,1H3. The Morgan fingerprint density at radius 2 is 1.82 bits per heavy atom. The summed E-state index contributed by atoms with van der Waals surface area (Å²) < 4.78 is 25.4. The average molecular weight is 251 g/mol. The Morgan fingerprint density at radius 3 is 2.35 bits per heavy atom. The zero-order valence-electron chi connectivity index (χ0n) is 9.32. The highest BCUT2D eigenvalue weighted by Crippen LogP contribution is 2.17. The van der Waals surface area contributed by atoms with Crippen molar-refractivity contribution in [2.24, 2.45) is 0 Å². The Labute approximate surface area is 100 Å². The summed E-state index contributed by atoms with van der Waals surface area (Å²) in [4.78, 5) is 0.229. The van der Waals surface area contributed by atoms with Crippen LogP contribution in [0.4, 0.5) is 0 Å². The molecule has 0 saturated carbocycles. The van der Waals surface area contributed by atoms with Crippen molar-refractivity contribution in [1.29, 1.82) is 0 Å². The summed E-state index contributed by atoms with van der Waals surface area (Å²) in [6.07, 6.45) is 2.18. The van der Waals surface area contributed by atoms with E-state index in [4.69, 9.17) is 0 Å². The van der Waals surface area contributed by atoms with Crippen molar-refractivity contribution in [3.63, 3.8) is 0 Å². The summed E-state index contributed by atoms with van der Waals surface area (Å²) in [6.45, 7) is 1.59. The molecule has 5 heteroatoms. The Hall–Kier alpha value is -1.59. The lowest BCUT2D eigenvalue weighted by Crippen LogP contribution is -2.10. The van der Waals surface area contributed by atoms with E-state index < -0.39 is 16.1 Å². The third-order valence-electron chi connectivity index (χ3n) is 2.49. The number of rotatable bonds is 3.